The van der Waals surface area contributed by atoms with Gasteiger partial charge in [-0.25, -0.2) is 9.97 Å². The van der Waals surface area contributed by atoms with E-state index >= 15 is 0 Å². The number of nitrogens with one attached hydrogen (secondary N) is 1. The van der Waals surface area contributed by atoms with Crippen molar-refractivity contribution in [2.45, 2.75) is 12.6 Å². The second kappa shape index (κ2) is 7.81. The molecule has 0 aliphatic carbocycles. The Bertz CT molecular complexity index is 861. The first-order chi connectivity index (χ1) is 12.8. The Labute approximate surface area is 165 Å². The number of anilines is 2. The molecule has 0 saturated carbocycles. The minimum Gasteiger partial charge on any atom is -0.383 e. The lowest BCUT2D eigenvalue weighted by molar-refractivity contribution is -0.137. The summed E-state index contributed by atoms with van der Waals surface area (Å²) < 4.78 is 40.7. The molecule has 1 aliphatic rings. The quantitative estimate of drug-likeness (QED) is 0.701. The summed E-state index contributed by atoms with van der Waals surface area (Å²) >= 11 is 3.18. The zero-order chi connectivity index (χ0) is 19.6. The van der Waals surface area contributed by atoms with Crippen molar-refractivity contribution in [3.8, 4) is 0 Å². The third kappa shape index (κ3) is 4.56. The van der Waals surface area contributed by atoms with E-state index in [1.165, 1.54) is 12.3 Å². The lowest BCUT2D eigenvalue weighted by Gasteiger charge is -2.23. The third-order valence-electron chi connectivity index (χ3n) is 4.17. The normalized spacial score (nSPS) is 15.5. The van der Waals surface area contributed by atoms with E-state index in [2.05, 4.69) is 31.2 Å². The number of nitrogens with zero attached hydrogens (tertiary/aromatic N) is 3. The Balaban J connectivity index is 0.00000210. The summed E-state index contributed by atoms with van der Waals surface area (Å²) in [4.78, 5) is 22.6. The first-order valence-corrected chi connectivity index (χ1v) is 9.05. The SMILES string of the molecule is Nc1ncc(Br)cc1C(=O)c1cc(C(F)(F)F)cc(N2CCCNCC2)n1.[HH].[HH]. The first kappa shape index (κ1) is 19.6. The molecule has 0 bridgehead atoms. The molecule has 3 heterocycles. The summed E-state index contributed by atoms with van der Waals surface area (Å²) in [5, 5.41) is 3.18. The summed E-state index contributed by atoms with van der Waals surface area (Å²) in [6.45, 7) is 2.46. The van der Waals surface area contributed by atoms with E-state index in [-0.39, 0.29) is 25.7 Å². The van der Waals surface area contributed by atoms with E-state index in [0.717, 1.165) is 25.1 Å². The van der Waals surface area contributed by atoms with Crippen LogP contribution >= 0.6 is 15.9 Å². The smallest absolute Gasteiger partial charge is 0.383 e. The third-order valence-corrected chi connectivity index (χ3v) is 4.60. The topological polar surface area (TPSA) is 84.1 Å². The number of carbonyl (C=O) groups excluding carboxylic acids is 1. The molecule has 1 aliphatic heterocycles. The van der Waals surface area contributed by atoms with Gasteiger partial charge in [0.25, 0.3) is 0 Å². The molecule has 6 nitrogen and oxygen atoms in total. The lowest BCUT2D eigenvalue weighted by Crippen LogP contribution is -2.29. The van der Waals surface area contributed by atoms with E-state index in [4.69, 9.17) is 5.73 Å². The van der Waals surface area contributed by atoms with E-state index < -0.39 is 17.5 Å². The maximum Gasteiger partial charge on any atom is 0.416 e. The van der Waals surface area contributed by atoms with E-state index in [9.17, 15) is 18.0 Å². The molecule has 0 atom stereocenters. The van der Waals surface area contributed by atoms with Crippen molar-refractivity contribution in [1.82, 2.24) is 15.3 Å². The first-order valence-electron chi connectivity index (χ1n) is 8.26. The van der Waals surface area contributed by atoms with Crippen molar-refractivity contribution < 1.29 is 20.8 Å². The van der Waals surface area contributed by atoms with Crippen molar-refractivity contribution in [3.05, 3.63) is 45.7 Å². The zero-order valence-electron chi connectivity index (χ0n) is 14.2. The predicted octanol–water partition coefficient (Wildman–Crippen LogP) is 3.36. The molecule has 1 fully saturated rings. The van der Waals surface area contributed by atoms with Crippen LogP contribution in [0.4, 0.5) is 24.8 Å². The van der Waals surface area contributed by atoms with Crippen LogP contribution in [0.5, 0.6) is 0 Å². The Kier molecular flexibility index (Phi) is 5.66. The minimum absolute atomic E-state index is 0. The van der Waals surface area contributed by atoms with Crippen LogP contribution in [-0.4, -0.2) is 41.9 Å². The summed E-state index contributed by atoms with van der Waals surface area (Å²) in [7, 11) is 0. The largest absolute Gasteiger partial charge is 0.416 e. The van der Waals surface area contributed by atoms with Crippen LogP contribution in [-0.2, 0) is 6.18 Å². The molecular formula is C17H21BrF3N5O. The molecule has 3 rings (SSSR count). The van der Waals surface area contributed by atoms with Crippen LogP contribution in [0.15, 0.2) is 28.9 Å². The van der Waals surface area contributed by atoms with Gasteiger partial charge in [0.15, 0.2) is 0 Å². The number of carbonyl (C=O) groups is 1. The van der Waals surface area contributed by atoms with Crippen molar-refractivity contribution in [2.24, 2.45) is 0 Å². The number of nitrogen functional groups attached to an aromatic ring is 1. The fourth-order valence-corrected chi connectivity index (χ4v) is 3.13. The second-order valence-corrected chi connectivity index (χ2v) is 7.02. The average Bonchev–Trinajstić information content (AvgIpc) is 2.91. The number of pyridine rings is 2. The number of hydrogen-bond acceptors (Lipinski definition) is 6. The average molecular weight is 448 g/mol. The molecule has 2 aromatic heterocycles. The molecule has 2 aromatic rings. The predicted molar refractivity (Wildman–Crippen MR) is 103 cm³/mol. The monoisotopic (exact) mass is 447 g/mol. The molecule has 1 saturated heterocycles. The standard InChI is InChI=1S/C17H17BrF3N5O.2H2/c18-11-8-12(16(22)24-9-11)15(27)13-6-10(17(19,20)21)7-14(25-13)26-4-1-2-23-3-5-26;;/h6-9,23H,1-5H2,(H2,22,24);2*1H. The molecule has 0 spiro atoms. The van der Waals surface area contributed by atoms with Gasteiger partial charge in [-0.2, -0.15) is 13.2 Å². The van der Waals surface area contributed by atoms with Crippen molar-refractivity contribution in [1.29, 1.82) is 0 Å². The van der Waals surface area contributed by atoms with Gasteiger partial charge in [0.1, 0.15) is 17.3 Å². The molecule has 148 valence electrons. The minimum atomic E-state index is -4.60. The van der Waals surface area contributed by atoms with Crippen molar-refractivity contribution in [3.63, 3.8) is 0 Å². The maximum atomic E-state index is 13.4. The number of halogens is 4. The zero-order valence-corrected chi connectivity index (χ0v) is 15.8. The lowest BCUT2D eigenvalue weighted by atomic mass is 10.1. The summed E-state index contributed by atoms with van der Waals surface area (Å²) in [5.74, 6) is -0.650. The number of hydrogen-bond donors (Lipinski definition) is 2. The van der Waals surface area contributed by atoms with Crippen LogP contribution in [0.1, 0.15) is 30.9 Å². The van der Waals surface area contributed by atoms with Gasteiger partial charge in [0.05, 0.1) is 11.1 Å². The molecule has 27 heavy (non-hydrogen) atoms. The van der Waals surface area contributed by atoms with Crippen molar-refractivity contribution in [2.75, 3.05) is 36.8 Å². The van der Waals surface area contributed by atoms with Gasteiger partial charge in [-0.05, 0) is 47.1 Å². The molecule has 0 radical (unpaired) electrons. The molecular weight excluding hydrogens is 427 g/mol. The fraction of sp³-hybridized carbons (Fsp3) is 0.353. The van der Waals surface area contributed by atoms with Crippen molar-refractivity contribution >= 4 is 33.3 Å². The number of ketones is 1. The highest BCUT2D eigenvalue weighted by molar-refractivity contribution is 9.10. The Morgan fingerprint density at radius 3 is 2.78 bits per heavy atom. The van der Waals surface area contributed by atoms with E-state index in [1.807, 2.05) is 0 Å². The van der Waals surface area contributed by atoms with Crippen LogP contribution in [0.3, 0.4) is 0 Å². The van der Waals surface area contributed by atoms with Gasteiger partial charge in [-0.3, -0.25) is 4.79 Å². The maximum absolute atomic E-state index is 13.4. The second-order valence-electron chi connectivity index (χ2n) is 6.10. The van der Waals surface area contributed by atoms with Crippen LogP contribution in [0, 0.1) is 0 Å². The Hall–Kier alpha value is -2.20. The fourth-order valence-electron chi connectivity index (χ4n) is 2.80. The van der Waals surface area contributed by atoms with Gasteiger partial charge < -0.3 is 16.0 Å². The van der Waals surface area contributed by atoms with E-state index in [0.29, 0.717) is 24.1 Å². The molecule has 0 aromatic carbocycles. The Morgan fingerprint density at radius 1 is 1.26 bits per heavy atom. The molecule has 0 unspecified atom stereocenters. The molecule has 0 amide bonds. The highest BCUT2D eigenvalue weighted by atomic mass is 79.9. The molecule has 3 N–H and O–H groups in total. The number of alkyl halides is 3. The number of rotatable bonds is 3. The summed E-state index contributed by atoms with van der Waals surface area (Å²) in [6.07, 6.45) is -2.43. The van der Waals surface area contributed by atoms with Crippen LogP contribution < -0.4 is 16.0 Å². The van der Waals surface area contributed by atoms with Gasteiger partial charge >= 0.3 is 6.18 Å². The summed E-state index contributed by atoms with van der Waals surface area (Å²) in [6, 6.07) is 3.15. The van der Waals surface area contributed by atoms with Gasteiger partial charge in [0.2, 0.25) is 5.78 Å². The number of aromatic nitrogens is 2. The van der Waals surface area contributed by atoms with Crippen LogP contribution in [0.2, 0.25) is 0 Å². The highest BCUT2D eigenvalue weighted by Gasteiger charge is 2.33. The molecule has 10 heteroatoms. The van der Waals surface area contributed by atoms with E-state index in [1.54, 1.807) is 4.90 Å². The van der Waals surface area contributed by atoms with Gasteiger partial charge in [-0.1, -0.05) is 0 Å². The number of nitrogens with two attached hydrogens (primary N) is 1. The summed E-state index contributed by atoms with van der Waals surface area (Å²) in [5.41, 5.74) is 4.49. The Morgan fingerprint density at radius 2 is 2.04 bits per heavy atom. The van der Waals surface area contributed by atoms with Gasteiger partial charge in [-0.15, -0.1) is 0 Å². The van der Waals surface area contributed by atoms with Crippen LogP contribution in [0.25, 0.3) is 0 Å². The van der Waals surface area contributed by atoms with Gasteiger partial charge in [0, 0.05) is 33.2 Å². The highest BCUT2D eigenvalue weighted by Crippen LogP contribution is 2.32.